The first kappa shape index (κ1) is 20.1. The molecule has 0 spiro atoms. The quantitative estimate of drug-likeness (QED) is 0.612. The zero-order chi connectivity index (χ0) is 21.0. The number of amides is 1. The van der Waals surface area contributed by atoms with Gasteiger partial charge in [-0.25, -0.2) is 26.6 Å². The van der Waals surface area contributed by atoms with Gasteiger partial charge in [-0.2, -0.15) is 8.42 Å². The summed E-state index contributed by atoms with van der Waals surface area (Å²) in [5, 5.41) is 9.72. The highest BCUT2D eigenvalue weighted by molar-refractivity contribution is 7.92. The third kappa shape index (κ3) is 3.83. The summed E-state index contributed by atoms with van der Waals surface area (Å²) < 4.78 is 68.3. The molecular weight excluding hydrogens is 425 g/mol. The van der Waals surface area contributed by atoms with Crippen LogP contribution < -0.4 is 13.7 Å². The second-order valence-electron chi connectivity index (χ2n) is 7.39. The molecule has 0 radical (unpaired) electrons. The second-order valence-corrected chi connectivity index (χ2v) is 11.0. The molecule has 0 bridgehead atoms. The van der Waals surface area contributed by atoms with Crippen LogP contribution in [0.3, 0.4) is 0 Å². The van der Waals surface area contributed by atoms with Crippen molar-refractivity contribution >= 4 is 37.4 Å². The molecule has 0 aromatic heterocycles. The number of phenols is 1. The van der Waals surface area contributed by atoms with Crippen LogP contribution >= 0.6 is 0 Å². The first-order valence-corrected chi connectivity index (χ1v) is 12.1. The van der Waals surface area contributed by atoms with E-state index in [1.54, 1.807) is 10.8 Å². The summed E-state index contributed by atoms with van der Waals surface area (Å²) in [5.74, 6) is -2.37. The van der Waals surface area contributed by atoms with Crippen molar-refractivity contribution in [2.75, 3.05) is 10.8 Å². The number of hydrogen-bond acceptors (Lipinski definition) is 6. The van der Waals surface area contributed by atoms with Gasteiger partial charge in [-0.05, 0) is 49.8 Å². The average Bonchev–Trinajstić information content (AvgIpc) is 3.43. The molecule has 12 heteroatoms. The number of benzene rings is 1. The highest BCUT2D eigenvalue weighted by Gasteiger charge is 2.39. The van der Waals surface area contributed by atoms with E-state index in [1.165, 1.54) is 12.1 Å². The number of hydrogen-bond donors (Lipinski definition) is 3. The van der Waals surface area contributed by atoms with E-state index in [0.29, 0.717) is 42.0 Å². The number of nitrogens with zero attached hydrogens (tertiary/aromatic N) is 1. The topological polar surface area (TPSA) is 133 Å². The number of allylic oxidation sites excluding steroid dienone is 1. The fourth-order valence-electron chi connectivity index (χ4n) is 3.58. The number of phenolic OH excluding ortho intramolecular Hbond substituents is 1. The fourth-order valence-corrected chi connectivity index (χ4v) is 6.37. The van der Waals surface area contributed by atoms with Gasteiger partial charge in [0.1, 0.15) is 18.0 Å². The maximum absolute atomic E-state index is 15.2. The molecule has 1 amide bonds. The third-order valence-corrected chi connectivity index (χ3v) is 8.60. The number of sulfonamides is 1. The molecule has 1 atom stereocenters. The van der Waals surface area contributed by atoms with Crippen LogP contribution in [0.5, 0.6) is 5.75 Å². The van der Waals surface area contributed by atoms with Gasteiger partial charge in [-0.1, -0.05) is 6.08 Å². The second kappa shape index (κ2) is 6.96. The summed E-state index contributed by atoms with van der Waals surface area (Å²) in [4.78, 5) is 11.5. The van der Waals surface area contributed by atoms with E-state index in [4.69, 9.17) is 0 Å². The standard InChI is InChI=1S/C17H20FN3O6S2/c18-16-13(7-8-14(22)17(16)21-9-15(23)20-29(21,26)27)10-1-3-11(4-2-10)19-28(24,25)12-5-6-12/h1,7-8,11-12,19,22H,2-6,9H2,(H,20,23). The lowest BCUT2D eigenvalue weighted by atomic mass is 9.90. The summed E-state index contributed by atoms with van der Waals surface area (Å²) in [7, 11) is -7.59. The van der Waals surface area contributed by atoms with Crippen molar-refractivity contribution in [1.29, 1.82) is 0 Å². The van der Waals surface area contributed by atoms with E-state index in [0.717, 1.165) is 0 Å². The van der Waals surface area contributed by atoms with E-state index < -0.39 is 49.9 Å². The molecule has 1 aromatic rings. The molecule has 1 unspecified atom stereocenters. The molecule has 1 aliphatic heterocycles. The zero-order valence-corrected chi connectivity index (χ0v) is 16.9. The minimum atomic E-state index is -4.28. The fraction of sp³-hybridized carbons (Fsp3) is 0.471. The van der Waals surface area contributed by atoms with E-state index in [1.807, 2.05) is 0 Å². The number of nitrogens with one attached hydrogen (secondary N) is 2. The Balaban J connectivity index is 1.59. The van der Waals surface area contributed by atoms with Crippen molar-refractivity contribution in [1.82, 2.24) is 9.44 Å². The molecule has 1 aromatic carbocycles. The van der Waals surface area contributed by atoms with Gasteiger partial charge in [0.25, 0.3) is 5.91 Å². The predicted molar refractivity (Wildman–Crippen MR) is 103 cm³/mol. The van der Waals surface area contributed by atoms with Crippen molar-refractivity contribution in [2.24, 2.45) is 0 Å². The van der Waals surface area contributed by atoms with Gasteiger partial charge < -0.3 is 5.11 Å². The van der Waals surface area contributed by atoms with Crippen LogP contribution in [0.4, 0.5) is 10.1 Å². The number of carbonyl (C=O) groups is 1. The number of halogens is 1. The first-order valence-electron chi connectivity index (χ1n) is 9.14. The normalized spacial score (nSPS) is 24.3. The van der Waals surface area contributed by atoms with Crippen LogP contribution in [-0.4, -0.2) is 45.7 Å². The lowest BCUT2D eigenvalue weighted by Gasteiger charge is -2.24. The maximum Gasteiger partial charge on any atom is 0.326 e. The number of anilines is 1. The van der Waals surface area contributed by atoms with Crippen LogP contribution in [0.25, 0.3) is 5.57 Å². The molecule has 3 aliphatic rings. The lowest BCUT2D eigenvalue weighted by Crippen LogP contribution is -2.37. The Labute approximate surface area is 167 Å². The summed E-state index contributed by atoms with van der Waals surface area (Å²) in [6, 6.07) is 2.24. The molecule has 3 N–H and O–H groups in total. The van der Waals surface area contributed by atoms with Crippen LogP contribution in [-0.2, 0) is 25.0 Å². The Morgan fingerprint density at radius 3 is 2.52 bits per heavy atom. The molecular formula is C17H20FN3O6S2. The van der Waals surface area contributed by atoms with Gasteiger partial charge in [0.2, 0.25) is 10.0 Å². The monoisotopic (exact) mass is 445 g/mol. The Morgan fingerprint density at radius 1 is 1.24 bits per heavy atom. The Morgan fingerprint density at radius 2 is 1.97 bits per heavy atom. The summed E-state index contributed by atoms with van der Waals surface area (Å²) in [5.41, 5.74) is 0.107. The summed E-state index contributed by atoms with van der Waals surface area (Å²) in [6.07, 6.45) is 4.27. The molecule has 1 heterocycles. The number of aromatic hydroxyl groups is 1. The Hall–Kier alpha value is -2.18. The molecule has 2 aliphatic carbocycles. The minimum Gasteiger partial charge on any atom is -0.506 e. The van der Waals surface area contributed by atoms with Gasteiger partial charge in [0.05, 0.1) is 5.25 Å². The van der Waals surface area contributed by atoms with Crippen LogP contribution in [0.2, 0.25) is 0 Å². The molecule has 2 fully saturated rings. The van der Waals surface area contributed by atoms with Crippen molar-refractivity contribution in [3.8, 4) is 5.75 Å². The Kier molecular flexibility index (Phi) is 4.82. The minimum absolute atomic E-state index is 0.107. The molecule has 4 rings (SSSR count). The average molecular weight is 445 g/mol. The SMILES string of the molecule is O=C1CN(c2c(O)ccc(C3=CCC(NS(=O)(=O)C4CC4)CC3)c2F)S(=O)(=O)N1. The molecule has 158 valence electrons. The van der Waals surface area contributed by atoms with Crippen LogP contribution in [0.1, 0.15) is 37.7 Å². The molecule has 1 saturated carbocycles. The highest BCUT2D eigenvalue weighted by Crippen LogP contribution is 2.39. The predicted octanol–water partition coefficient (Wildman–Crippen LogP) is 0.730. The maximum atomic E-state index is 15.2. The Bertz CT molecular complexity index is 1110. The van der Waals surface area contributed by atoms with E-state index in [2.05, 4.69) is 4.72 Å². The molecule has 29 heavy (non-hydrogen) atoms. The highest BCUT2D eigenvalue weighted by atomic mass is 32.2. The van der Waals surface area contributed by atoms with Crippen LogP contribution in [0.15, 0.2) is 18.2 Å². The van der Waals surface area contributed by atoms with Crippen molar-refractivity contribution in [2.45, 2.75) is 43.4 Å². The van der Waals surface area contributed by atoms with Gasteiger partial charge in [0.15, 0.2) is 5.82 Å². The van der Waals surface area contributed by atoms with Gasteiger partial charge >= 0.3 is 10.2 Å². The largest absolute Gasteiger partial charge is 0.506 e. The summed E-state index contributed by atoms with van der Waals surface area (Å²) >= 11 is 0. The van der Waals surface area contributed by atoms with Crippen LogP contribution in [0, 0.1) is 5.82 Å². The van der Waals surface area contributed by atoms with Gasteiger partial charge in [-0.3, -0.25) is 4.79 Å². The molecule has 1 saturated heterocycles. The van der Waals surface area contributed by atoms with Gasteiger partial charge in [-0.15, -0.1) is 0 Å². The van der Waals surface area contributed by atoms with Crippen molar-refractivity contribution in [3.05, 3.63) is 29.6 Å². The van der Waals surface area contributed by atoms with E-state index in [-0.39, 0.29) is 16.9 Å². The lowest BCUT2D eigenvalue weighted by molar-refractivity contribution is -0.117. The number of carbonyl (C=O) groups excluding carboxylic acids is 1. The van der Waals surface area contributed by atoms with E-state index >= 15 is 4.39 Å². The van der Waals surface area contributed by atoms with E-state index in [9.17, 15) is 26.7 Å². The zero-order valence-electron chi connectivity index (χ0n) is 15.3. The molecule has 9 nitrogen and oxygen atoms in total. The first-order chi connectivity index (χ1) is 13.6. The van der Waals surface area contributed by atoms with Crippen molar-refractivity contribution in [3.63, 3.8) is 0 Å². The summed E-state index contributed by atoms with van der Waals surface area (Å²) in [6.45, 7) is -0.625. The van der Waals surface area contributed by atoms with Crippen molar-refractivity contribution < 1.29 is 31.1 Å². The number of rotatable bonds is 5. The smallest absolute Gasteiger partial charge is 0.326 e. The van der Waals surface area contributed by atoms with Gasteiger partial charge in [0, 0.05) is 11.6 Å². The third-order valence-electron chi connectivity index (χ3n) is 5.22.